The van der Waals surface area contributed by atoms with Gasteiger partial charge in [-0.3, -0.25) is 4.90 Å². The van der Waals surface area contributed by atoms with Crippen molar-refractivity contribution in [2.45, 2.75) is 52.2 Å². The van der Waals surface area contributed by atoms with E-state index in [2.05, 4.69) is 17.0 Å². The van der Waals surface area contributed by atoms with Crippen LogP contribution in [0, 0.1) is 5.41 Å². The molecule has 2 aliphatic heterocycles. The maximum absolute atomic E-state index is 12.3. The normalized spacial score (nSPS) is 20.8. The van der Waals surface area contributed by atoms with Crippen molar-refractivity contribution in [2.24, 2.45) is 5.41 Å². The molecule has 25 heavy (non-hydrogen) atoms. The van der Waals surface area contributed by atoms with Gasteiger partial charge in [0.05, 0.1) is 0 Å². The molecule has 0 bridgehead atoms. The Hall–Kier alpha value is -1.75. The van der Waals surface area contributed by atoms with Gasteiger partial charge in [0.25, 0.3) is 0 Å². The van der Waals surface area contributed by atoms with Gasteiger partial charge in [0.2, 0.25) is 0 Å². The first-order valence-corrected chi connectivity index (χ1v) is 9.29. The number of piperidine rings is 1. The fourth-order valence-corrected chi connectivity index (χ4v) is 3.96. The number of rotatable bonds is 2. The van der Waals surface area contributed by atoms with E-state index < -0.39 is 5.60 Å². The van der Waals surface area contributed by atoms with Crippen LogP contribution in [-0.4, -0.2) is 47.7 Å². The number of carbonyl (C=O) groups excluding carboxylic acids is 1. The van der Waals surface area contributed by atoms with Gasteiger partial charge in [-0.15, -0.1) is 0 Å². The van der Waals surface area contributed by atoms with Crippen LogP contribution >= 0.6 is 0 Å². The Balaban J connectivity index is 1.51. The summed E-state index contributed by atoms with van der Waals surface area (Å²) in [6.45, 7) is 10.5. The van der Waals surface area contributed by atoms with Crippen LogP contribution in [0.4, 0.5) is 10.5 Å². The number of ether oxygens (including phenoxy) is 1. The summed E-state index contributed by atoms with van der Waals surface area (Å²) in [6.07, 6.45) is 3.23. The van der Waals surface area contributed by atoms with Gasteiger partial charge >= 0.3 is 6.09 Å². The monoisotopic (exact) mass is 345 g/mol. The molecule has 5 nitrogen and oxygen atoms in total. The maximum Gasteiger partial charge on any atom is 0.410 e. The van der Waals surface area contributed by atoms with E-state index in [-0.39, 0.29) is 11.5 Å². The third-order valence-corrected chi connectivity index (χ3v) is 5.36. The molecular weight excluding hydrogens is 314 g/mol. The van der Waals surface area contributed by atoms with Crippen LogP contribution in [0.1, 0.15) is 45.6 Å². The van der Waals surface area contributed by atoms with Crippen molar-refractivity contribution >= 4 is 11.8 Å². The summed E-state index contributed by atoms with van der Waals surface area (Å²) >= 11 is 0. The Labute approximate surface area is 151 Å². The first-order valence-electron chi connectivity index (χ1n) is 9.29. The minimum Gasteiger partial charge on any atom is -0.444 e. The minimum absolute atomic E-state index is 0.161. The highest BCUT2D eigenvalue weighted by molar-refractivity contribution is 5.68. The third kappa shape index (κ3) is 4.66. The molecule has 0 aromatic heterocycles. The summed E-state index contributed by atoms with van der Waals surface area (Å²) in [5.74, 6) is 0. The van der Waals surface area contributed by atoms with Gasteiger partial charge in [-0.05, 0) is 76.2 Å². The number of nitrogens with zero attached hydrogens (tertiary/aromatic N) is 2. The van der Waals surface area contributed by atoms with Crippen LogP contribution in [0.15, 0.2) is 24.3 Å². The molecule has 1 aromatic rings. The summed E-state index contributed by atoms with van der Waals surface area (Å²) in [7, 11) is 0. The van der Waals surface area contributed by atoms with Crippen LogP contribution in [-0.2, 0) is 11.3 Å². The van der Waals surface area contributed by atoms with E-state index in [1.165, 1.54) is 5.56 Å². The molecule has 2 N–H and O–H groups in total. The molecule has 0 saturated carbocycles. The molecule has 0 atom stereocenters. The highest BCUT2D eigenvalue weighted by Crippen LogP contribution is 2.41. The molecule has 0 unspecified atom stereocenters. The predicted molar refractivity (Wildman–Crippen MR) is 100 cm³/mol. The molecule has 5 heteroatoms. The Morgan fingerprint density at radius 3 is 2.52 bits per heavy atom. The molecule has 2 saturated heterocycles. The van der Waals surface area contributed by atoms with Crippen molar-refractivity contribution in [2.75, 3.05) is 31.9 Å². The standard InChI is InChI=1S/C20H31N3O2/c1-19(2,3)25-18(24)23-12-9-20(15-23)7-10-22(11-8-20)14-16-5-4-6-17(21)13-16/h4-6,13H,7-12,14-15,21H2,1-3H3. The lowest BCUT2D eigenvalue weighted by molar-refractivity contribution is 0.0245. The third-order valence-electron chi connectivity index (χ3n) is 5.36. The van der Waals surface area contributed by atoms with Crippen LogP contribution in [0.25, 0.3) is 0 Å². The first kappa shape index (κ1) is 18.1. The number of nitrogens with two attached hydrogens (primary N) is 1. The first-order chi connectivity index (χ1) is 11.7. The Morgan fingerprint density at radius 1 is 1.20 bits per heavy atom. The van der Waals surface area contributed by atoms with Crippen molar-refractivity contribution in [1.29, 1.82) is 0 Å². The van der Waals surface area contributed by atoms with Crippen LogP contribution in [0.2, 0.25) is 0 Å². The number of hydrogen-bond donors (Lipinski definition) is 1. The van der Waals surface area contributed by atoms with E-state index in [1.54, 1.807) is 0 Å². The summed E-state index contributed by atoms with van der Waals surface area (Å²) in [4.78, 5) is 16.7. The fraction of sp³-hybridized carbons (Fsp3) is 0.650. The average Bonchev–Trinajstić information content (AvgIpc) is 2.93. The number of amides is 1. The second-order valence-corrected chi connectivity index (χ2v) is 8.67. The van der Waals surface area contributed by atoms with Crippen molar-refractivity contribution in [3.8, 4) is 0 Å². The largest absolute Gasteiger partial charge is 0.444 e. The zero-order chi connectivity index (χ0) is 18.1. The minimum atomic E-state index is -0.423. The highest BCUT2D eigenvalue weighted by atomic mass is 16.6. The maximum atomic E-state index is 12.3. The summed E-state index contributed by atoms with van der Waals surface area (Å²) in [5.41, 5.74) is 7.84. The summed E-state index contributed by atoms with van der Waals surface area (Å²) < 4.78 is 5.53. The number of carbonyl (C=O) groups is 1. The van der Waals surface area contributed by atoms with E-state index in [9.17, 15) is 4.79 Å². The van der Waals surface area contributed by atoms with Gasteiger partial charge in [-0.1, -0.05) is 12.1 Å². The van der Waals surface area contributed by atoms with E-state index in [0.717, 1.165) is 57.7 Å². The number of anilines is 1. The smallest absolute Gasteiger partial charge is 0.410 e. The lowest BCUT2D eigenvalue weighted by Gasteiger charge is -2.39. The second-order valence-electron chi connectivity index (χ2n) is 8.67. The molecule has 0 aliphatic carbocycles. The number of nitrogen functional groups attached to an aromatic ring is 1. The van der Waals surface area contributed by atoms with Crippen molar-refractivity contribution in [3.05, 3.63) is 29.8 Å². The van der Waals surface area contributed by atoms with E-state index in [4.69, 9.17) is 10.5 Å². The molecular formula is C20H31N3O2. The molecule has 3 rings (SSSR count). The quantitative estimate of drug-likeness (QED) is 0.834. The van der Waals surface area contributed by atoms with Crippen molar-refractivity contribution in [3.63, 3.8) is 0 Å². The second kappa shape index (κ2) is 6.87. The van der Waals surface area contributed by atoms with Crippen molar-refractivity contribution < 1.29 is 9.53 Å². The lowest BCUT2D eigenvalue weighted by atomic mass is 9.77. The van der Waals surface area contributed by atoms with E-state index in [0.29, 0.717) is 0 Å². The highest BCUT2D eigenvalue weighted by Gasteiger charge is 2.42. The summed E-state index contributed by atoms with van der Waals surface area (Å²) in [6, 6.07) is 8.15. The predicted octanol–water partition coefficient (Wildman–Crippen LogP) is 3.49. The molecule has 138 valence electrons. The van der Waals surface area contributed by atoms with Gasteiger partial charge in [0, 0.05) is 25.3 Å². The Bertz CT molecular complexity index is 616. The zero-order valence-electron chi connectivity index (χ0n) is 15.8. The van der Waals surface area contributed by atoms with Crippen LogP contribution in [0.5, 0.6) is 0 Å². The molecule has 2 heterocycles. The van der Waals surface area contributed by atoms with E-state index >= 15 is 0 Å². The number of likely N-dealkylation sites (tertiary alicyclic amines) is 2. The molecule has 0 radical (unpaired) electrons. The Kier molecular flexibility index (Phi) is 4.96. The SMILES string of the molecule is CC(C)(C)OC(=O)N1CCC2(CCN(Cc3cccc(N)c3)CC2)C1. The number of benzene rings is 1. The van der Waals surface area contributed by atoms with Crippen LogP contribution in [0.3, 0.4) is 0 Å². The topological polar surface area (TPSA) is 58.8 Å². The molecule has 1 aromatic carbocycles. The fourth-order valence-electron chi connectivity index (χ4n) is 3.96. The number of hydrogen-bond acceptors (Lipinski definition) is 4. The van der Waals surface area contributed by atoms with Gasteiger partial charge in [-0.25, -0.2) is 4.79 Å². The zero-order valence-corrected chi connectivity index (χ0v) is 15.8. The Morgan fingerprint density at radius 2 is 1.88 bits per heavy atom. The van der Waals surface area contributed by atoms with E-state index in [1.807, 2.05) is 37.8 Å². The lowest BCUT2D eigenvalue weighted by Crippen LogP contribution is -2.42. The van der Waals surface area contributed by atoms with Gasteiger partial charge in [0.1, 0.15) is 5.60 Å². The molecule has 1 spiro atoms. The molecule has 2 aliphatic rings. The van der Waals surface area contributed by atoms with Crippen molar-refractivity contribution in [1.82, 2.24) is 9.80 Å². The molecule has 2 fully saturated rings. The summed E-state index contributed by atoms with van der Waals surface area (Å²) in [5, 5.41) is 0. The van der Waals surface area contributed by atoms with Gasteiger partial charge in [0.15, 0.2) is 0 Å². The van der Waals surface area contributed by atoms with Crippen LogP contribution < -0.4 is 5.73 Å². The average molecular weight is 345 g/mol. The molecule has 1 amide bonds. The van der Waals surface area contributed by atoms with Gasteiger partial charge in [-0.2, -0.15) is 0 Å². The van der Waals surface area contributed by atoms with Gasteiger partial charge < -0.3 is 15.4 Å².